The van der Waals surface area contributed by atoms with Crippen molar-refractivity contribution in [2.45, 2.75) is 40.9 Å². The minimum atomic E-state index is -3.84. The van der Waals surface area contributed by atoms with E-state index in [-0.39, 0.29) is 23.0 Å². The number of nitrogens with one attached hydrogen (secondary N) is 1. The first-order chi connectivity index (χ1) is 22.8. The van der Waals surface area contributed by atoms with Crippen LogP contribution in [0.4, 0.5) is 5.69 Å². The van der Waals surface area contributed by atoms with Crippen molar-refractivity contribution in [3.8, 4) is 0 Å². The molecular weight excluding hydrogens is 637 g/mol. The number of sulfonamides is 1. The Kier molecular flexibility index (Phi) is 10.00. The number of carboxylic acid groups (broad SMARTS) is 1. The van der Waals surface area contributed by atoms with Gasteiger partial charge in [-0.15, -0.1) is 11.8 Å². The van der Waals surface area contributed by atoms with Gasteiger partial charge in [-0.05, 0) is 53.1 Å². The molecular formula is C36H32N2O7S2. The fourth-order valence-electron chi connectivity index (χ4n) is 5.54. The Morgan fingerprint density at radius 2 is 1.51 bits per heavy atom. The number of thioether (sulfide) groups is 1. The quantitative estimate of drug-likeness (QED) is 0.130. The minimum Gasteiger partial charge on any atom is -0.478 e. The van der Waals surface area contributed by atoms with E-state index in [2.05, 4.69) is 9.71 Å². The van der Waals surface area contributed by atoms with E-state index in [9.17, 15) is 23.4 Å². The van der Waals surface area contributed by atoms with E-state index in [1.165, 1.54) is 30.0 Å². The second kappa shape index (κ2) is 14.5. The molecule has 2 heterocycles. The number of nitrogens with zero attached hydrogens (tertiary/aromatic N) is 1. The van der Waals surface area contributed by atoms with E-state index >= 15 is 0 Å². The van der Waals surface area contributed by atoms with Crippen LogP contribution >= 0.6 is 11.8 Å². The molecule has 6 rings (SSSR count). The number of carboxylic acids is 1. The van der Waals surface area contributed by atoms with Crippen LogP contribution in [0.3, 0.4) is 0 Å². The molecule has 1 unspecified atom stereocenters. The third-order valence-electron chi connectivity index (χ3n) is 7.82. The molecule has 4 atom stereocenters. The second-order valence-electron chi connectivity index (χ2n) is 10.9. The normalized spacial score (nSPS) is 19.6. The van der Waals surface area contributed by atoms with E-state index in [4.69, 9.17) is 9.47 Å². The van der Waals surface area contributed by atoms with Crippen molar-refractivity contribution < 1.29 is 32.9 Å². The van der Waals surface area contributed by atoms with Crippen molar-refractivity contribution in [3.05, 3.63) is 155 Å². The van der Waals surface area contributed by atoms with Gasteiger partial charge in [0.25, 0.3) is 10.0 Å². The molecule has 0 bridgehead atoms. The molecule has 3 N–H and O–H groups in total. The Morgan fingerprint density at radius 3 is 2.21 bits per heavy atom. The molecule has 1 saturated heterocycles. The molecule has 1 aromatic heterocycles. The summed E-state index contributed by atoms with van der Waals surface area (Å²) in [6.07, 6.45) is -0.337. The van der Waals surface area contributed by atoms with Crippen molar-refractivity contribution >= 4 is 33.4 Å². The first-order valence-corrected chi connectivity index (χ1v) is 17.3. The lowest BCUT2D eigenvalue weighted by molar-refractivity contribution is -0.255. The molecule has 0 saturated carbocycles. The van der Waals surface area contributed by atoms with Crippen LogP contribution in [-0.4, -0.2) is 41.4 Å². The molecule has 0 radical (unpaired) electrons. The number of anilines is 1. The smallest absolute Gasteiger partial charge is 0.338 e. The summed E-state index contributed by atoms with van der Waals surface area (Å²) >= 11 is 1.29. The molecule has 4 aromatic carbocycles. The Morgan fingerprint density at radius 1 is 0.809 bits per heavy atom. The Hall–Kier alpha value is -4.52. The molecule has 240 valence electrons. The van der Waals surface area contributed by atoms with Crippen molar-refractivity contribution in [3.63, 3.8) is 0 Å². The predicted molar refractivity (Wildman–Crippen MR) is 179 cm³/mol. The predicted octanol–water partition coefficient (Wildman–Crippen LogP) is 6.80. The van der Waals surface area contributed by atoms with Gasteiger partial charge >= 0.3 is 5.97 Å². The number of benzene rings is 4. The summed E-state index contributed by atoms with van der Waals surface area (Å²) in [4.78, 5) is 16.4. The average Bonchev–Trinajstić information content (AvgIpc) is 3.11. The molecule has 9 nitrogen and oxygen atoms in total. The summed E-state index contributed by atoms with van der Waals surface area (Å²) in [5, 5.41) is 19.8. The molecule has 1 aliphatic heterocycles. The third kappa shape index (κ3) is 7.56. The number of aliphatic hydroxyl groups excluding tert-OH is 1. The fourth-order valence-corrected chi connectivity index (χ4v) is 7.67. The maximum absolute atomic E-state index is 13.1. The number of aromatic carboxylic acids is 1. The molecule has 1 fully saturated rings. The fraction of sp³-hybridized carbons (Fsp3) is 0.167. The highest BCUT2D eigenvalue weighted by Crippen LogP contribution is 2.48. The van der Waals surface area contributed by atoms with Gasteiger partial charge in [0.05, 0.1) is 29.3 Å². The highest BCUT2D eigenvalue weighted by Gasteiger charge is 2.42. The maximum Gasteiger partial charge on any atom is 0.338 e. The molecule has 0 amide bonds. The number of carbonyl (C=O) groups is 1. The van der Waals surface area contributed by atoms with Crippen LogP contribution in [0.1, 0.15) is 50.9 Å². The summed E-state index contributed by atoms with van der Waals surface area (Å²) in [7, 11) is -3.84. The van der Waals surface area contributed by atoms with E-state index in [1.54, 1.807) is 48.7 Å². The number of hydrogen-bond donors (Lipinski definition) is 3. The van der Waals surface area contributed by atoms with E-state index in [1.807, 2.05) is 60.7 Å². The van der Waals surface area contributed by atoms with E-state index in [0.29, 0.717) is 22.0 Å². The van der Waals surface area contributed by atoms with Gasteiger partial charge in [-0.25, -0.2) is 18.2 Å². The third-order valence-corrected chi connectivity index (χ3v) is 10.3. The van der Waals surface area contributed by atoms with Gasteiger partial charge in [0.15, 0.2) is 6.29 Å². The zero-order chi connectivity index (χ0) is 32.8. The number of aromatic nitrogens is 1. The van der Waals surface area contributed by atoms with Crippen LogP contribution in [0.25, 0.3) is 0 Å². The van der Waals surface area contributed by atoms with E-state index in [0.717, 1.165) is 16.7 Å². The largest absolute Gasteiger partial charge is 0.478 e. The van der Waals surface area contributed by atoms with Crippen molar-refractivity contribution in [1.82, 2.24) is 4.98 Å². The van der Waals surface area contributed by atoms with Gasteiger partial charge in [0.2, 0.25) is 0 Å². The SMILES string of the molecule is O=C(O)c1cccnc1SC[C@H]1OC(c2cccc(NS(=O)(=O)c3ccccc3)c2)O[C@@H](c2ccc(CO)cc2)[C@@H]1c1ccccc1. The highest BCUT2D eigenvalue weighted by molar-refractivity contribution is 7.99. The minimum absolute atomic E-state index is 0.0966. The van der Waals surface area contributed by atoms with Gasteiger partial charge in [-0.3, -0.25) is 4.72 Å². The van der Waals surface area contributed by atoms with Crippen LogP contribution in [0.2, 0.25) is 0 Å². The number of pyridine rings is 1. The number of rotatable bonds is 11. The Balaban J connectivity index is 1.37. The van der Waals surface area contributed by atoms with E-state index < -0.39 is 34.5 Å². The van der Waals surface area contributed by atoms with Gasteiger partial charge in [0, 0.05) is 29.1 Å². The molecule has 47 heavy (non-hydrogen) atoms. The molecule has 5 aromatic rings. The second-order valence-corrected chi connectivity index (χ2v) is 13.6. The van der Waals surface area contributed by atoms with Crippen LogP contribution in [-0.2, 0) is 26.1 Å². The highest BCUT2D eigenvalue weighted by atomic mass is 32.2. The van der Waals surface area contributed by atoms with Crippen molar-refractivity contribution in [2.75, 3.05) is 10.5 Å². The summed E-state index contributed by atoms with van der Waals surface area (Å²) in [5.41, 5.74) is 3.64. The summed E-state index contributed by atoms with van der Waals surface area (Å²) in [6, 6.07) is 35.5. The number of ether oxygens (including phenoxy) is 2. The Bertz CT molecular complexity index is 1920. The summed E-state index contributed by atoms with van der Waals surface area (Å²) in [5.74, 6) is -1.03. The topological polar surface area (TPSA) is 135 Å². The first kappa shape index (κ1) is 32.4. The van der Waals surface area contributed by atoms with Crippen LogP contribution in [0.15, 0.2) is 137 Å². The summed E-state index contributed by atoms with van der Waals surface area (Å²) in [6.45, 7) is -0.0966. The van der Waals surface area contributed by atoms with Crippen LogP contribution in [0, 0.1) is 0 Å². The van der Waals surface area contributed by atoms with Gasteiger partial charge in [-0.2, -0.15) is 0 Å². The zero-order valence-electron chi connectivity index (χ0n) is 25.0. The molecule has 1 aliphatic rings. The molecule has 0 aliphatic carbocycles. The standard InChI is InChI=1S/C36H32N2O7S2/c39-22-24-16-18-26(19-17-24)33-32(25-9-3-1-4-10-25)31(23-46-34-30(35(40)41)15-8-20-37-34)44-36(45-33)27-11-7-12-28(21-27)38-47(42,43)29-13-5-2-6-14-29/h1-21,31-33,36,38-39H,22-23H2,(H,40,41)/t31-,32-,33+,36?/m1/s1. The summed E-state index contributed by atoms with van der Waals surface area (Å²) < 4.78 is 42.2. The van der Waals surface area contributed by atoms with Gasteiger partial charge in [-0.1, -0.05) is 84.9 Å². The van der Waals surface area contributed by atoms with Crippen molar-refractivity contribution in [1.29, 1.82) is 0 Å². The van der Waals surface area contributed by atoms with Gasteiger partial charge < -0.3 is 19.7 Å². The van der Waals surface area contributed by atoms with Crippen LogP contribution < -0.4 is 4.72 Å². The lowest BCUT2D eigenvalue weighted by atomic mass is 9.84. The zero-order valence-corrected chi connectivity index (χ0v) is 26.7. The lowest BCUT2D eigenvalue weighted by Crippen LogP contribution is -2.38. The Labute approximate surface area is 277 Å². The lowest BCUT2D eigenvalue weighted by Gasteiger charge is -2.43. The maximum atomic E-state index is 13.1. The van der Waals surface area contributed by atoms with Crippen LogP contribution in [0.5, 0.6) is 0 Å². The van der Waals surface area contributed by atoms with Gasteiger partial charge in [0.1, 0.15) is 5.03 Å². The number of aliphatic hydroxyl groups is 1. The average molecular weight is 669 g/mol. The monoisotopic (exact) mass is 668 g/mol. The molecule has 11 heteroatoms. The van der Waals surface area contributed by atoms with Crippen molar-refractivity contribution in [2.24, 2.45) is 0 Å². The first-order valence-electron chi connectivity index (χ1n) is 14.9. The molecule has 0 spiro atoms. The number of hydrogen-bond acceptors (Lipinski definition) is 8.